The normalized spacial score (nSPS) is 16.4. The Hall–Kier alpha value is -2.73. The van der Waals surface area contributed by atoms with Crippen LogP contribution in [0.4, 0.5) is 10.1 Å². The number of hydrogen-bond acceptors (Lipinski definition) is 2. The number of halogens is 1. The van der Waals surface area contributed by atoms with Gasteiger partial charge in [0.25, 0.3) is 0 Å². The summed E-state index contributed by atoms with van der Waals surface area (Å²) in [6.07, 6.45) is 5.73. The maximum atomic E-state index is 13.1. The highest BCUT2D eigenvalue weighted by Crippen LogP contribution is 2.32. The number of hydrogen-bond donors (Lipinski definition) is 1. The van der Waals surface area contributed by atoms with E-state index >= 15 is 0 Å². The summed E-state index contributed by atoms with van der Waals surface area (Å²) in [5.74, 6) is -0.263. The molecule has 0 fully saturated rings. The van der Waals surface area contributed by atoms with Crippen LogP contribution in [0.2, 0.25) is 0 Å². The Morgan fingerprint density at radius 1 is 1.12 bits per heavy atom. The molecular weight excluding hydrogens is 335 g/mol. The predicted molar refractivity (Wildman–Crippen MR) is 99.8 cm³/mol. The molecule has 0 unspecified atom stereocenters. The van der Waals surface area contributed by atoms with Crippen molar-refractivity contribution in [3.63, 3.8) is 0 Å². The summed E-state index contributed by atoms with van der Waals surface area (Å²) in [6.45, 7) is 1.65. The van der Waals surface area contributed by atoms with E-state index in [1.807, 2.05) is 12.3 Å². The largest absolute Gasteiger partial charge is 0.348 e. The zero-order valence-corrected chi connectivity index (χ0v) is 14.3. The fourth-order valence-electron chi connectivity index (χ4n) is 3.22. The van der Waals surface area contributed by atoms with Crippen LogP contribution < -0.4 is 5.32 Å². The van der Waals surface area contributed by atoms with Gasteiger partial charge in [-0.25, -0.2) is 4.39 Å². The van der Waals surface area contributed by atoms with E-state index < -0.39 is 0 Å². The van der Waals surface area contributed by atoms with Crippen molar-refractivity contribution in [1.82, 2.24) is 14.5 Å². The number of anilines is 1. The maximum Gasteiger partial charge on any atom is 0.174 e. The minimum Gasteiger partial charge on any atom is -0.348 e. The Labute approximate surface area is 150 Å². The fourth-order valence-corrected chi connectivity index (χ4v) is 3.53. The number of fused-ring (bicyclic) bond motifs is 1. The van der Waals surface area contributed by atoms with Crippen molar-refractivity contribution in [1.29, 1.82) is 0 Å². The van der Waals surface area contributed by atoms with Crippen LogP contribution in [0, 0.1) is 5.82 Å². The summed E-state index contributed by atoms with van der Waals surface area (Å²) in [4.78, 5) is 6.42. The topological polar surface area (TPSA) is 33.1 Å². The average Bonchev–Trinajstić information content (AvgIpc) is 3.12. The molecule has 1 N–H and O–H groups in total. The van der Waals surface area contributed by atoms with Crippen LogP contribution in [-0.2, 0) is 6.54 Å². The van der Waals surface area contributed by atoms with Crippen molar-refractivity contribution in [3.8, 4) is 0 Å². The first-order chi connectivity index (χ1) is 12.2. The second kappa shape index (κ2) is 6.64. The molecule has 0 radical (unpaired) electrons. The third-order valence-electron chi connectivity index (χ3n) is 4.39. The van der Waals surface area contributed by atoms with Gasteiger partial charge >= 0.3 is 0 Å². The number of aromatic nitrogens is 2. The van der Waals surface area contributed by atoms with E-state index in [1.54, 1.807) is 18.3 Å². The van der Waals surface area contributed by atoms with Crippen LogP contribution in [0.25, 0.3) is 0 Å². The van der Waals surface area contributed by atoms with Gasteiger partial charge in [0, 0.05) is 43.1 Å². The summed E-state index contributed by atoms with van der Waals surface area (Å²) in [6, 6.07) is 14.4. The zero-order valence-electron chi connectivity index (χ0n) is 13.5. The van der Waals surface area contributed by atoms with Crippen LogP contribution in [0.5, 0.6) is 0 Å². The van der Waals surface area contributed by atoms with Gasteiger partial charge in [-0.1, -0.05) is 6.07 Å². The van der Waals surface area contributed by atoms with Gasteiger partial charge in [-0.3, -0.25) is 4.98 Å². The summed E-state index contributed by atoms with van der Waals surface area (Å²) in [7, 11) is 0. The van der Waals surface area contributed by atoms with Gasteiger partial charge in [0.05, 0.1) is 6.04 Å². The molecule has 6 heteroatoms. The molecule has 126 valence electrons. The lowest BCUT2D eigenvalue weighted by atomic mass is 10.0. The second-order valence-electron chi connectivity index (χ2n) is 5.95. The first-order valence-corrected chi connectivity index (χ1v) is 8.51. The van der Waals surface area contributed by atoms with Crippen LogP contribution in [0.15, 0.2) is 67.1 Å². The van der Waals surface area contributed by atoms with E-state index in [-0.39, 0.29) is 11.9 Å². The van der Waals surface area contributed by atoms with Crippen LogP contribution in [0.1, 0.15) is 17.3 Å². The Morgan fingerprint density at radius 2 is 1.96 bits per heavy atom. The van der Waals surface area contributed by atoms with Crippen LogP contribution >= 0.6 is 12.2 Å². The zero-order chi connectivity index (χ0) is 17.2. The molecule has 2 aromatic heterocycles. The molecule has 0 saturated heterocycles. The molecule has 4 rings (SSSR count). The van der Waals surface area contributed by atoms with E-state index in [4.69, 9.17) is 12.2 Å². The van der Waals surface area contributed by atoms with Crippen LogP contribution in [-0.4, -0.2) is 26.1 Å². The predicted octanol–water partition coefficient (Wildman–Crippen LogP) is 3.82. The first kappa shape index (κ1) is 15.8. The highest BCUT2D eigenvalue weighted by atomic mass is 32.1. The third kappa shape index (κ3) is 3.13. The summed E-state index contributed by atoms with van der Waals surface area (Å²) >= 11 is 5.66. The van der Waals surface area contributed by atoms with E-state index in [9.17, 15) is 4.39 Å². The molecule has 1 aromatic carbocycles. The van der Waals surface area contributed by atoms with E-state index in [2.05, 4.69) is 44.2 Å². The molecular formula is C19H17FN4S. The first-order valence-electron chi connectivity index (χ1n) is 8.10. The Kier molecular flexibility index (Phi) is 4.19. The van der Waals surface area contributed by atoms with Gasteiger partial charge in [-0.05, 0) is 60.2 Å². The molecule has 4 nitrogen and oxygen atoms in total. The smallest absolute Gasteiger partial charge is 0.174 e. The number of benzene rings is 1. The number of nitrogens with zero attached hydrogens (tertiary/aromatic N) is 3. The lowest BCUT2D eigenvalue weighted by molar-refractivity contribution is 0.293. The van der Waals surface area contributed by atoms with Gasteiger partial charge in [0.2, 0.25) is 0 Å². The molecule has 0 spiro atoms. The molecule has 0 aliphatic carbocycles. The summed E-state index contributed by atoms with van der Waals surface area (Å²) < 4.78 is 15.4. The molecule has 3 heterocycles. The summed E-state index contributed by atoms with van der Waals surface area (Å²) in [5.41, 5.74) is 3.05. The standard InChI is InChI=1S/C19H17FN4S/c20-15-5-7-16(8-6-15)22-19(25)24-12-11-23-10-2-4-17(23)18(24)14-3-1-9-21-13-14/h1-10,13,18H,11-12H2,(H,22,25)/t18-/m1/s1. The van der Waals surface area contributed by atoms with Crippen molar-refractivity contribution >= 4 is 23.0 Å². The van der Waals surface area contributed by atoms with Crippen molar-refractivity contribution < 1.29 is 4.39 Å². The minimum atomic E-state index is -0.263. The lowest BCUT2D eigenvalue weighted by Gasteiger charge is -2.38. The van der Waals surface area contributed by atoms with Gasteiger partial charge in [0.1, 0.15) is 5.82 Å². The van der Waals surface area contributed by atoms with E-state index in [0.29, 0.717) is 5.11 Å². The third-order valence-corrected chi connectivity index (χ3v) is 4.73. The SMILES string of the molecule is Fc1ccc(NC(=S)N2CCn3cccc3[C@H]2c2cccnc2)cc1. The molecule has 0 amide bonds. The van der Waals surface area contributed by atoms with Crippen molar-refractivity contribution in [3.05, 3.63) is 84.2 Å². The van der Waals surface area contributed by atoms with Crippen molar-refractivity contribution in [2.75, 3.05) is 11.9 Å². The number of pyridine rings is 1. The molecule has 1 atom stereocenters. The Morgan fingerprint density at radius 3 is 2.72 bits per heavy atom. The molecule has 3 aromatic rings. The van der Waals surface area contributed by atoms with Crippen molar-refractivity contribution in [2.24, 2.45) is 0 Å². The highest BCUT2D eigenvalue weighted by molar-refractivity contribution is 7.80. The van der Waals surface area contributed by atoms with Gasteiger partial charge in [0.15, 0.2) is 5.11 Å². The molecule has 0 bridgehead atoms. The minimum absolute atomic E-state index is 0.00195. The number of thiocarbonyl (C=S) groups is 1. The number of rotatable bonds is 2. The lowest BCUT2D eigenvalue weighted by Crippen LogP contribution is -2.44. The van der Waals surface area contributed by atoms with Gasteiger partial charge in [-0.15, -0.1) is 0 Å². The summed E-state index contributed by atoms with van der Waals surface area (Å²) in [5, 5.41) is 3.84. The highest BCUT2D eigenvalue weighted by Gasteiger charge is 2.30. The fraction of sp³-hybridized carbons (Fsp3) is 0.158. The van der Waals surface area contributed by atoms with Gasteiger partial charge < -0.3 is 14.8 Å². The second-order valence-corrected chi connectivity index (χ2v) is 6.33. The Bertz CT molecular complexity index is 876. The van der Waals surface area contributed by atoms with Crippen molar-refractivity contribution in [2.45, 2.75) is 12.6 Å². The molecule has 1 aliphatic heterocycles. The monoisotopic (exact) mass is 352 g/mol. The van der Waals surface area contributed by atoms with Gasteiger partial charge in [-0.2, -0.15) is 0 Å². The molecule has 25 heavy (non-hydrogen) atoms. The van der Waals surface area contributed by atoms with E-state index in [0.717, 1.165) is 24.3 Å². The van der Waals surface area contributed by atoms with Crippen LogP contribution in [0.3, 0.4) is 0 Å². The molecule has 0 saturated carbocycles. The average molecular weight is 352 g/mol. The number of nitrogens with one attached hydrogen (secondary N) is 1. The molecule has 1 aliphatic rings. The van der Waals surface area contributed by atoms with E-state index in [1.165, 1.54) is 17.8 Å². The quantitative estimate of drug-likeness (QED) is 0.711. The maximum absolute atomic E-state index is 13.1. The Balaban J connectivity index is 1.65.